The first-order valence-electron chi connectivity index (χ1n) is 7.87. The molecule has 0 bridgehead atoms. The maximum atomic E-state index is 12.2. The molecule has 2 rings (SSSR count). The minimum atomic E-state index is -3.43. The van der Waals surface area contributed by atoms with Crippen molar-refractivity contribution in [3.8, 4) is 0 Å². The summed E-state index contributed by atoms with van der Waals surface area (Å²) in [6, 6.07) is 3.43. The molecule has 2 N–H and O–H groups in total. The molecule has 1 aromatic heterocycles. The molecule has 0 aliphatic heterocycles. The van der Waals surface area contributed by atoms with Crippen molar-refractivity contribution in [1.29, 1.82) is 0 Å². The molecule has 6 nitrogen and oxygen atoms in total. The van der Waals surface area contributed by atoms with Crippen molar-refractivity contribution in [2.45, 2.75) is 54.9 Å². The standard InChI is InChI=1S/C15H24N2O4S2/c1-17(23(20,21)15-5-3-11-22-15)10-2-4-14(19)16-12-6-8-13(18)9-7-12/h3,5,11-13,18H,2,4,6-10H2,1H3,(H,16,19). The smallest absolute Gasteiger partial charge is 0.252 e. The van der Waals surface area contributed by atoms with Crippen LogP contribution in [-0.4, -0.2) is 49.5 Å². The molecule has 0 unspecified atom stereocenters. The van der Waals surface area contributed by atoms with E-state index in [1.54, 1.807) is 17.5 Å². The summed E-state index contributed by atoms with van der Waals surface area (Å²) in [6.45, 7) is 0.317. The molecule has 130 valence electrons. The molecule has 1 fully saturated rings. The number of sulfonamides is 1. The van der Waals surface area contributed by atoms with Gasteiger partial charge in [-0.15, -0.1) is 11.3 Å². The SMILES string of the molecule is CN(CCCC(=O)NC1CCC(O)CC1)S(=O)(=O)c1cccs1. The molecule has 1 aliphatic rings. The van der Waals surface area contributed by atoms with E-state index < -0.39 is 10.0 Å². The zero-order chi connectivity index (χ0) is 16.9. The first kappa shape index (κ1) is 18.4. The third kappa shape index (κ3) is 5.27. The van der Waals surface area contributed by atoms with Crippen molar-refractivity contribution in [2.75, 3.05) is 13.6 Å². The Morgan fingerprint density at radius 3 is 2.70 bits per heavy atom. The predicted molar refractivity (Wildman–Crippen MR) is 89.8 cm³/mol. The maximum Gasteiger partial charge on any atom is 0.252 e. The van der Waals surface area contributed by atoms with Crippen molar-refractivity contribution in [3.05, 3.63) is 17.5 Å². The van der Waals surface area contributed by atoms with Gasteiger partial charge in [-0.2, -0.15) is 0 Å². The fourth-order valence-corrected chi connectivity index (χ4v) is 5.08. The summed E-state index contributed by atoms with van der Waals surface area (Å²) in [5.74, 6) is -0.0479. The Balaban J connectivity index is 1.71. The van der Waals surface area contributed by atoms with Gasteiger partial charge < -0.3 is 10.4 Å². The van der Waals surface area contributed by atoms with E-state index in [2.05, 4.69) is 5.32 Å². The van der Waals surface area contributed by atoms with Crippen LogP contribution in [0.3, 0.4) is 0 Å². The van der Waals surface area contributed by atoms with Crippen molar-refractivity contribution in [2.24, 2.45) is 0 Å². The molecule has 0 spiro atoms. The van der Waals surface area contributed by atoms with E-state index >= 15 is 0 Å². The molecule has 1 heterocycles. The second-order valence-electron chi connectivity index (χ2n) is 5.94. The average Bonchev–Trinajstić information content (AvgIpc) is 3.04. The van der Waals surface area contributed by atoms with E-state index in [-0.39, 0.29) is 18.1 Å². The van der Waals surface area contributed by atoms with E-state index in [0.29, 0.717) is 23.6 Å². The molecule has 0 atom stereocenters. The molecule has 1 aromatic rings. The molecule has 8 heteroatoms. The van der Waals surface area contributed by atoms with Gasteiger partial charge in [-0.05, 0) is 43.6 Å². The Morgan fingerprint density at radius 2 is 2.09 bits per heavy atom. The minimum absolute atomic E-state index is 0.0479. The Morgan fingerprint density at radius 1 is 1.39 bits per heavy atom. The minimum Gasteiger partial charge on any atom is -0.393 e. The van der Waals surface area contributed by atoms with Gasteiger partial charge in [-0.3, -0.25) is 4.79 Å². The predicted octanol–water partition coefficient (Wildman–Crippen LogP) is 1.57. The van der Waals surface area contributed by atoms with Gasteiger partial charge in [0.1, 0.15) is 4.21 Å². The topological polar surface area (TPSA) is 86.7 Å². The summed E-state index contributed by atoms with van der Waals surface area (Å²) < 4.78 is 26.1. The molecule has 1 saturated carbocycles. The zero-order valence-corrected chi connectivity index (χ0v) is 14.9. The van der Waals surface area contributed by atoms with Gasteiger partial charge in [0, 0.05) is 26.1 Å². The maximum absolute atomic E-state index is 12.2. The Hall–Kier alpha value is -0.960. The molecule has 0 aromatic carbocycles. The number of hydrogen-bond acceptors (Lipinski definition) is 5. The summed E-state index contributed by atoms with van der Waals surface area (Å²) in [5, 5.41) is 14.1. The number of carbonyl (C=O) groups is 1. The number of rotatable bonds is 7. The highest BCUT2D eigenvalue weighted by molar-refractivity contribution is 7.91. The number of amides is 1. The van der Waals surface area contributed by atoms with Crippen molar-refractivity contribution >= 4 is 27.3 Å². The zero-order valence-electron chi connectivity index (χ0n) is 13.3. The van der Waals surface area contributed by atoms with Crippen LogP contribution in [0.2, 0.25) is 0 Å². The summed E-state index contributed by atoms with van der Waals surface area (Å²) in [7, 11) is -1.90. The van der Waals surface area contributed by atoms with Gasteiger partial charge in [0.05, 0.1) is 6.10 Å². The summed E-state index contributed by atoms with van der Waals surface area (Å²) >= 11 is 1.19. The highest BCUT2D eigenvalue weighted by Crippen LogP contribution is 2.20. The number of aliphatic hydroxyl groups excluding tert-OH is 1. The number of thiophene rings is 1. The van der Waals surface area contributed by atoms with Gasteiger partial charge >= 0.3 is 0 Å². The number of nitrogens with zero attached hydrogens (tertiary/aromatic N) is 1. The van der Waals surface area contributed by atoms with Crippen LogP contribution in [0.1, 0.15) is 38.5 Å². The molecular formula is C15H24N2O4S2. The number of carbonyl (C=O) groups excluding carboxylic acids is 1. The Labute approximate surface area is 141 Å². The largest absolute Gasteiger partial charge is 0.393 e. The van der Waals surface area contributed by atoms with Crippen LogP contribution in [-0.2, 0) is 14.8 Å². The fraction of sp³-hybridized carbons (Fsp3) is 0.667. The van der Waals surface area contributed by atoms with E-state index in [1.807, 2.05) is 0 Å². The van der Waals surface area contributed by atoms with Crippen LogP contribution in [0.15, 0.2) is 21.7 Å². The second kappa shape index (κ2) is 8.23. The summed E-state index contributed by atoms with van der Waals surface area (Å²) in [4.78, 5) is 11.9. The number of hydrogen-bond donors (Lipinski definition) is 2. The van der Waals surface area contributed by atoms with Gasteiger partial charge in [-0.25, -0.2) is 12.7 Å². The molecule has 1 aliphatic carbocycles. The van der Waals surface area contributed by atoms with E-state index in [0.717, 1.165) is 25.7 Å². The average molecular weight is 361 g/mol. The quantitative estimate of drug-likeness (QED) is 0.773. The first-order valence-corrected chi connectivity index (χ1v) is 10.2. The molecule has 1 amide bonds. The van der Waals surface area contributed by atoms with Gasteiger partial charge in [0.2, 0.25) is 5.91 Å². The van der Waals surface area contributed by atoms with E-state index in [9.17, 15) is 18.3 Å². The lowest BCUT2D eigenvalue weighted by molar-refractivity contribution is -0.122. The summed E-state index contributed by atoms with van der Waals surface area (Å²) in [5.41, 5.74) is 0. The normalized spacial score (nSPS) is 22.2. The molecule has 23 heavy (non-hydrogen) atoms. The molecule has 0 saturated heterocycles. The lowest BCUT2D eigenvalue weighted by atomic mass is 9.93. The Bertz CT molecular complexity index is 593. The fourth-order valence-electron chi connectivity index (χ4n) is 2.67. The van der Waals surface area contributed by atoms with Gasteiger partial charge in [0.25, 0.3) is 10.0 Å². The van der Waals surface area contributed by atoms with Crippen LogP contribution in [0, 0.1) is 0 Å². The highest BCUT2D eigenvalue weighted by Gasteiger charge is 2.23. The third-order valence-corrected chi connectivity index (χ3v) is 7.33. The Kier molecular flexibility index (Phi) is 6.58. The monoisotopic (exact) mass is 360 g/mol. The van der Waals surface area contributed by atoms with Crippen LogP contribution in [0.5, 0.6) is 0 Å². The number of aliphatic hydroxyl groups is 1. The van der Waals surface area contributed by atoms with Crippen LogP contribution < -0.4 is 5.32 Å². The third-order valence-electron chi connectivity index (χ3n) is 4.10. The van der Waals surface area contributed by atoms with Gasteiger partial charge in [0.15, 0.2) is 0 Å². The molecule has 0 radical (unpaired) electrons. The van der Waals surface area contributed by atoms with Crippen molar-refractivity contribution in [3.63, 3.8) is 0 Å². The van der Waals surface area contributed by atoms with Crippen LogP contribution >= 0.6 is 11.3 Å². The van der Waals surface area contributed by atoms with Crippen molar-refractivity contribution < 1.29 is 18.3 Å². The second-order valence-corrected chi connectivity index (χ2v) is 9.15. The lowest BCUT2D eigenvalue weighted by Gasteiger charge is -2.26. The van der Waals surface area contributed by atoms with Gasteiger partial charge in [-0.1, -0.05) is 6.07 Å². The van der Waals surface area contributed by atoms with E-state index in [4.69, 9.17) is 0 Å². The first-order chi connectivity index (χ1) is 10.9. The molecular weight excluding hydrogens is 336 g/mol. The van der Waals surface area contributed by atoms with Crippen LogP contribution in [0.4, 0.5) is 0 Å². The highest BCUT2D eigenvalue weighted by atomic mass is 32.2. The van der Waals surface area contributed by atoms with Crippen LogP contribution in [0.25, 0.3) is 0 Å². The van der Waals surface area contributed by atoms with E-state index in [1.165, 1.54) is 22.7 Å². The summed E-state index contributed by atoms with van der Waals surface area (Å²) in [6.07, 6.45) is 3.63. The lowest BCUT2D eigenvalue weighted by Crippen LogP contribution is -2.38. The number of nitrogens with one attached hydrogen (secondary N) is 1. The van der Waals surface area contributed by atoms with Crippen molar-refractivity contribution in [1.82, 2.24) is 9.62 Å².